The third-order valence-corrected chi connectivity index (χ3v) is 10.5. The summed E-state index contributed by atoms with van der Waals surface area (Å²) >= 11 is 0. The average Bonchev–Trinajstić information content (AvgIpc) is 3.49. The Kier molecular flexibility index (Phi) is 8.61. The number of hydrogen-bond acceptors (Lipinski definition) is 4. The van der Waals surface area contributed by atoms with Crippen LogP contribution in [0, 0.1) is 5.41 Å². The average molecular weight is 632 g/mol. The quantitative estimate of drug-likeness (QED) is 0.231. The first kappa shape index (κ1) is 32.0. The monoisotopic (exact) mass is 631 g/mol. The zero-order valence-electron chi connectivity index (χ0n) is 26.3. The van der Waals surface area contributed by atoms with E-state index in [1.165, 1.54) is 17.7 Å². The van der Waals surface area contributed by atoms with Crippen molar-refractivity contribution in [3.63, 3.8) is 0 Å². The Hall–Kier alpha value is -3.91. The number of ether oxygens (including phenoxy) is 1. The van der Waals surface area contributed by atoms with Crippen molar-refractivity contribution in [3.05, 3.63) is 118 Å². The number of carbonyl (C=O) groups is 2. The molecule has 8 heteroatoms. The molecule has 1 aliphatic heterocycles. The molecular formula is C38H40F3NO4. The van der Waals surface area contributed by atoms with Crippen LogP contribution in [0.3, 0.4) is 0 Å². The van der Waals surface area contributed by atoms with E-state index in [0.717, 1.165) is 41.7 Å². The number of allylic oxidation sites excluding steroid dienone is 2. The maximum atomic E-state index is 14.2. The van der Waals surface area contributed by atoms with Crippen molar-refractivity contribution >= 4 is 11.9 Å². The first-order valence-corrected chi connectivity index (χ1v) is 16.1. The fourth-order valence-electron chi connectivity index (χ4n) is 7.90. The molecule has 1 spiro atoms. The van der Waals surface area contributed by atoms with Crippen LogP contribution >= 0.6 is 0 Å². The van der Waals surface area contributed by atoms with Crippen molar-refractivity contribution < 1.29 is 32.6 Å². The maximum absolute atomic E-state index is 14.2. The highest BCUT2D eigenvalue weighted by Crippen LogP contribution is 2.62. The van der Waals surface area contributed by atoms with E-state index in [1.807, 2.05) is 42.5 Å². The third-order valence-electron chi connectivity index (χ3n) is 10.5. The van der Waals surface area contributed by atoms with E-state index in [2.05, 4.69) is 19.9 Å². The van der Waals surface area contributed by atoms with Crippen LogP contribution in [0.2, 0.25) is 0 Å². The molecule has 4 atom stereocenters. The molecule has 3 aliphatic carbocycles. The molecule has 7 rings (SSSR count). The van der Waals surface area contributed by atoms with E-state index in [-0.39, 0.29) is 17.6 Å². The molecule has 3 aromatic carbocycles. The Morgan fingerprint density at radius 1 is 1.02 bits per heavy atom. The van der Waals surface area contributed by atoms with Crippen LogP contribution in [0.4, 0.5) is 18.0 Å². The minimum absolute atomic E-state index is 0.0378. The van der Waals surface area contributed by atoms with Gasteiger partial charge in [-0.1, -0.05) is 73.2 Å². The zero-order valence-corrected chi connectivity index (χ0v) is 26.3. The van der Waals surface area contributed by atoms with Crippen LogP contribution in [-0.4, -0.2) is 40.1 Å². The summed E-state index contributed by atoms with van der Waals surface area (Å²) in [6.07, 6.45) is 0.891. The zero-order chi connectivity index (χ0) is 32.7. The van der Waals surface area contributed by atoms with Crippen molar-refractivity contribution in [2.45, 2.75) is 89.1 Å². The second kappa shape index (κ2) is 12.4. The van der Waals surface area contributed by atoms with Gasteiger partial charge in [0.1, 0.15) is 5.60 Å². The molecular weight excluding hydrogens is 591 g/mol. The summed E-state index contributed by atoms with van der Waals surface area (Å²) in [5.41, 5.74) is 1.75. The SMILES string of the molecule is CC1=CCCC2(C)C(CCC23CN(Cc2ccccc2)C(=O)O3)c2ccc(cc2C(=O)c2cccc(C(F)(F)F)c2)CC(O)CC1. The van der Waals surface area contributed by atoms with E-state index in [1.54, 1.807) is 11.0 Å². The van der Waals surface area contributed by atoms with Crippen LogP contribution in [0.5, 0.6) is 0 Å². The summed E-state index contributed by atoms with van der Waals surface area (Å²) in [5.74, 6) is -0.685. The van der Waals surface area contributed by atoms with E-state index >= 15 is 0 Å². The Labute approximate surface area is 268 Å². The Balaban J connectivity index is 1.44. The van der Waals surface area contributed by atoms with Crippen molar-refractivity contribution in [3.8, 4) is 0 Å². The van der Waals surface area contributed by atoms with Crippen LogP contribution in [0.15, 0.2) is 84.4 Å². The van der Waals surface area contributed by atoms with Crippen molar-refractivity contribution in [2.75, 3.05) is 6.54 Å². The number of amides is 1. The highest BCUT2D eigenvalue weighted by atomic mass is 19.4. The van der Waals surface area contributed by atoms with Gasteiger partial charge < -0.3 is 9.84 Å². The fraction of sp³-hybridized carbons (Fsp3) is 0.421. The molecule has 0 radical (unpaired) electrons. The number of hydrogen-bond donors (Lipinski definition) is 1. The number of fused-ring (bicyclic) bond motifs is 8. The van der Waals surface area contributed by atoms with Gasteiger partial charge in [-0.25, -0.2) is 4.79 Å². The number of rotatable bonds is 4. The Morgan fingerprint density at radius 2 is 1.80 bits per heavy atom. The first-order valence-electron chi connectivity index (χ1n) is 16.1. The van der Waals surface area contributed by atoms with Gasteiger partial charge in [0.15, 0.2) is 5.78 Å². The van der Waals surface area contributed by atoms with Crippen LogP contribution < -0.4 is 0 Å². The number of benzene rings is 3. The number of ketones is 1. The standard InChI is InChI=1S/C38H40F3NO4/c1-25-8-7-18-36(2)33(17-19-37(36)24-42(35(45)46-37)23-26-9-4-3-5-10-26)31-16-14-27(20-30(43)15-13-25)21-32(31)34(44)28-11-6-12-29(22-28)38(39,40)41/h3-6,8-12,14,16,21-22,30,33,43H,7,13,15,17-20,23-24H2,1-2H3. The van der Waals surface area contributed by atoms with E-state index < -0.39 is 34.6 Å². The molecule has 242 valence electrons. The third kappa shape index (κ3) is 6.11. The Morgan fingerprint density at radius 3 is 2.57 bits per heavy atom. The van der Waals surface area contributed by atoms with Gasteiger partial charge in [0.05, 0.1) is 18.2 Å². The molecule has 1 saturated carbocycles. The molecule has 1 saturated heterocycles. The molecule has 2 bridgehead atoms. The van der Waals surface area contributed by atoms with Gasteiger partial charge >= 0.3 is 12.3 Å². The van der Waals surface area contributed by atoms with Crippen molar-refractivity contribution in [2.24, 2.45) is 5.41 Å². The van der Waals surface area contributed by atoms with Crippen molar-refractivity contribution in [1.29, 1.82) is 0 Å². The van der Waals surface area contributed by atoms with Gasteiger partial charge in [0.25, 0.3) is 0 Å². The lowest BCUT2D eigenvalue weighted by Gasteiger charge is -2.43. The van der Waals surface area contributed by atoms with Gasteiger partial charge in [-0.15, -0.1) is 0 Å². The van der Waals surface area contributed by atoms with Gasteiger partial charge in [-0.2, -0.15) is 13.2 Å². The minimum Gasteiger partial charge on any atom is -0.440 e. The van der Waals surface area contributed by atoms with Gasteiger partial charge in [-0.3, -0.25) is 9.69 Å². The van der Waals surface area contributed by atoms with E-state index in [0.29, 0.717) is 50.8 Å². The molecule has 3 aromatic rings. The summed E-state index contributed by atoms with van der Waals surface area (Å²) in [6, 6.07) is 19.9. The number of nitrogens with zero attached hydrogens (tertiary/aromatic N) is 1. The number of halogens is 3. The molecule has 4 unspecified atom stereocenters. The van der Waals surface area contributed by atoms with Gasteiger partial charge in [-0.05, 0) is 92.7 Å². The summed E-state index contributed by atoms with van der Waals surface area (Å²) in [5, 5.41) is 10.8. The fourth-order valence-corrected chi connectivity index (χ4v) is 7.90. The van der Waals surface area contributed by atoms with Crippen LogP contribution in [-0.2, 0) is 23.9 Å². The molecule has 1 N–H and O–H groups in total. The largest absolute Gasteiger partial charge is 0.440 e. The van der Waals surface area contributed by atoms with Gasteiger partial charge in [0, 0.05) is 23.1 Å². The smallest absolute Gasteiger partial charge is 0.416 e. The lowest BCUT2D eigenvalue weighted by Crippen LogP contribution is -2.48. The van der Waals surface area contributed by atoms with E-state index in [9.17, 15) is 27.9 Å². The highest BCUT2D eigenvalue weighted by Gasteiger charge is 2.64. The minimum atomic E-state index is -4.58. The van der Waals surface area contributed by atoms with Gasteiger partial charge in [0.2, 0.25) is 0 Å². The summed E-state index contributed by atoms with van der Waals surface area (Å²) < 4.78 is 47.3. The summed E-state index contributed by atoms with van der Waals surface area (Å²) in [6.45, 7) is 5.06. The predicted molar refractivity (Wildman–Crippen MR) is 169 cm³/mol. The molecule has 0 aromatic heterocycles. The number of aliphatic hydroxyl groups excluding tert-OH is 1. The van der Waals surface area contributed by atoms with Crippen molar-refractivity contribution in [1.82, 2.24) is 4.90 Å². The summed E-state index contributed by atoms with van der Waals surface area (Å²) in [7, 11) is 0. The predicted octanol–water partition coefficient (Wildman–Crippen LogP) is 8.64. The second-order valence-corrected chi connectivity index (χ2v) is 13.5. The summed E-state index contributed by atoms with van der Waals surface area (Å²) in [4.78, 5) is 29.4. The molecule has 5 nitrogen and oxygen atoms in total. The number of aliphatic hydroxyl groups is 1. The topological polar surface area (TPSA) is 66.8 Å². The molecule has 1 amide bonds. The van der Waals surface area contributed by atoms with Crippen LogP contribution in [0.25, 0.3) is 0 Å². The second-order valence-electron chi connectivity index (χ2n) is 13.5. The molecule has 1 heterocycles. The highest BCUT2D eigenvalue weighted by molar-refractivity contribution is 6.10. The number of carbonyl (C=O) groups excluding carboxylic acids is 2. The Bertz CT molecular complexity index is 1650. The normalized spacial score (nSPS) is 26.9. The molecule has 4 aliphatic rings. The maximum Gasteiger partial charge on any atom is 0.416 e. The number of alkyl halides is 3. The van der Waals surface area contributed by atoms with E-state index in [4.69, 9.17) is 4.74 Å². The lowest BCUT2D eigenvalue weighted by atomic mass is 9.64. The molecule has 46 heavy (non-hydrogen) atoms. The lowest BCUT2D eigenvalue weighted by molar-refractivity contribution is -0.137. The first-order chi connectivity index (χ1) is 21.9. The van der Waals surface area contributed by atoms with Crippen LogP contribution in [0.1, 0.15) is 96.5 Å². The molecule has 2 fully saturated rings.